The molecule has 1 heterocycles. The van der Waals surface area contributed by atoms with Crippen molar-refractivity contribution in [2.45, 2.75) is 6.54 Å². The summed E-state index contributed by atoms with van der Waals surface area (Å²) in [6, 6.07) is 5.42. The minimum atomic E-state index is 0.483. The highest BCUT2D eigenvalue weighted by Gasteiger charge is 2.16. The second-order valence-corrected chi connectivity index (χ2v) is 4.26. The topological polar surface area (TPSA) is 97.3 Å². The molecule has 0 radical (unpaired) electrons. The molecule has 1 aromatic heterocycles. The number of rotatable bonds is 8. The SMILES string of the molecule is COCCOCCn1nnnc1-c1c(N)cccc1OC. The summed E-state index contributed by atoms with van der Waals surface area (Å²) in [6.45, 7) is 2.09. The van der Waals surface area contributed by atoms with Gasteiger partial charge in [0.25, 0.3) is 0 Å². The van der Waals surface area contributed by atoms with Gasteiger partial charge in [-0.3, -0.25) is 0 Å². The van der Waals surface area contributed by atoms with Crippen molar-refractivity contribution < 1.29 is 14.2 Å². The molecule has 0 saturated heterocycles. The standard InChI is InChI=1S/C13H19N5O3/c1-19-8-9-21-7-6-18-13(15-16-17-18)12-10(14)4-3-5-11(12)20-2/h3-5H,6-9,14H2,1-2H3. The predicted molar refractivity (Wildman–Crippen MR) is 76.9 cm³/mol. The van der Waals surface area contributed by atoms with Crippen molar-refractivity contribution in [1.29, 1.82) is 0 Å². The quantitative estimate of drug-likeness (QED) is 0.562. The summed E-state index contributed by atoms with van der Waals surface area (Å²) < 4.78 is 17.3. The molecule has 0 spiro atoms. The molecule has 0 amide bonds. The van der Waals surface area contributed by atoms with E-state index in [1.807, 2.05) is 12.1 Å². The summed E-state index contributed by atoms with van der Waals surface area (Å²) in [5.74, 6) is 1.19. The average Bonchev–Trinajstić information content (AvgIpc) is 2.94. The van der Waals surface area contributed by atoms with Gasteiger partial charge in [0.2, 0.25) is 0 Å². The summed E-state index contributed by atoms with van der Waals surface area (Å²) in [5, 5.41) is 11.7. The van der Waals surface area contributed by atoms with E-state index >= 15 is 0 Å². The Hall–Kier alpha value is -2.19. The van der Waals surface area contributed by atoms with E-state index < -0.39 is 0 Å². The molecular weight excluding hydrogens is 274 g/mol. The van der Waals surface area contributed by atoms with Gasteiger partial charge in [0.15, 0.2) is 5.82 Å². The molecule has 0 aliphatic rings. The molecule has 0 fully saturated rings. The van der Waals surface area contributed by atoms with Crippen molar-refractivity contribution in [3.8, 4) is 17.1 Å². The minimum Gasteiger partial charge on any atom is -0.496 e. The van der Waals surface area contributed by atoms with Gasteiger partial charge < -0.3 is 19.9 Å². The highest BCUT2D eigenvalue weighted by atomic mass is 16.5. The van der Waals surface area contributed by atoms with Crippen LogP contribution in [0.2, 0.25) is 0 Å². The third-order valence-corrected chi connectivity index (χ3v) is 2.91. The number of aromatic nitrogens is 4. The molecule has 114 valence electrons. The lowest BCUT2D eigenvalue weighted by molar-refractivity contribution is 0.0654. The van der Waals surface area contributed by atoms with E-state index in [-0.39, 0.29) is 0 Å². The normalized spacial score (nSPS) is 10.8. The van der Waals surface area contributed by atoms with Crippen LogP contribution < -0.4 is 10.5 Å². The van der Waals surface area contributed by atoms with Gasteiger partial charge in [0.1, 0.15) is 5.75 Å². The first-order valence-electron chi connectivity index (χ1n) is 6.53. The van der Waals surface area contributed by atoms with Gasteiger partial charge in [-0.25, -0.2) is 4.68 Å². The molecule has 0 unspecified atom stereocenters. The minimum absolute atomic E-state index is 0.483. The molecule has 8 heteroatoms. The summed E-state index contributed by atoms with van der Waals surface area (Å²) in [6.07, 6.45) is 0. The van der Waals surface area contributed by atoms with Gasteiger partial charge in [-0.15, -0.1) is 5.10 Å². The molecule has 8 nitrogen and oxygen atoms in total. The van der Waals surface area contributed by atoms with Crippen LogP contribution in [-0.4, -0.2) is 54.2 Å². The molecule has 2 N–H and O–H groups in total. The number of hydrogen-bond acceptors (Lipinski definition) is 7. The van der Waals surface area contributed by atoms with Crippen molar-refractivity contribution in [2.24, 2.45) is 0 Å². The summed E-state index contributed by atoms with van der Waals surface area (Å²) in [7, 11) is 3.22. The van der Waals surface area contributed by atoms with Crippen LogP contribution in [0.1, 0.15) is 0 Å². The number of benzene rings is 1. The van der Waals surface area contributed by atoms with Gasteiger partial charge in [-0.1, -0.05) is 6.07 Å². The van der Waals surface area contributed by atoms with E-state index in [0.29, 0.717) is 49.2 Å². The summed E-state index contributed by atoms with van der Waals surface area (Å²) in [4.78, 5) is 0. The van der Waals surface area contributed by atoms with Crippen LogP contribution in [0.4, 0.5) is 5.69 Å². The zero-order chi connectivity index (χ0) is 15.1. The van der Waals surface area contributed by atoms with E-state index in [0.717, 1.165) is 0 Å². The maximum Gasteiger partial charge on any atom is 0.187 e. The lowest BCUT2D eigenvalue weighted by Crippen LogP contribution is -2.12. The number of nitrogens with zero attached hydrogens (tertiary/aromatic N) is 4. The molecule has 0 atom stereocenters. The van der Waals surface area contributed by atoms with Crippen LogP contribution in [0.15, 0.2) is 18.2 Å². The van der Waals surface area contributed by atoms with Crippen LogP contribution >= 0.6 is 0 Å². The average molecular weight is 293 g/mol. The molecule has 2 rings (SSSR count). The second kappa shape index (κ2) is 7.55. The highest BCUT2D eigenvalue weighted by Crippen LogP contribution is 2.33. The maximum atomic E-state index is 6.01. The second-order valence-electron chi connectivity index (χ2n) is 4.26. The number of nitrogen functional groups attached to an aromatic ring is 1. The molecular formula is C13H19N5O3. The van der Waals surface area contributed by atoms with Crippen LogP contribution in [-0.2, 0) is 16.0 Å². The Balaban J connectivity index is 2.13. The smallest absolute Gasteiger partial charge is 0.187 e. The zero-order valence-corrected chi connectivity index (χ0v) is 12.2. The van der Waals surface area contributed by atoms with Crippen LogP contribution in [0.25, 0.3) is 11.4 Å². The third kappa shape index (κ3) is 3.67. The van der Waals surface area contributed by atoms with Crippen molar-refractivity contribution in [1.82, 2.24) is 20.2 Å². The number of nitrogens with two attached hydrogens (primary N) is 1. The number of methoxy groups -OCH3 is 2. The number of ether oxygens (including phenoxy) is 3. The largest absolute Gasteiger partial charge is 0.496 e. The highest BCUT2D eigenvalue weighted by molar-refractivity contribution is 5.77. The van der Waals surface area contributed by atoms with E-state index in [9.17, 15) is 0 Å². The first kappa shape index (κ1) is 15.2. The van der Waals surface area contributed by atoms with E-state index in [2.05, 4.69) is 15.5 Å². The molecule has 0 aliphatic heterocycles. The van der Waals surface area contributed by atoms with Crippen LogP contribution in [0, 0.1) is 0 Å². The van der Waals surface area contributed by atoms with Gasteiger partial charge in [-0.2, -0.15) is 0 Å². The Bertz CT molecular complexity index is 573. The van der Waals surface area contributed by atoms with Gasteiger partial charge in [-0.05, 0) is 22.6 Å². The molecule has 21 heavy (non-hydrogen) atoms. The Labute approximate surface area is 122 Å². The Morgan fingerprint density at radius 2 is 2.05 bits per heavy atom. The third-order valence-electron chi connectivity index (χ3n) is 2.91. The first-order valence-corrected chi connectivity index (χ1v) is 6.53. The molecule has 0 saturated carbocycles. The fourth-order valence-electron chi connectivity index (χ4n) is 1.89. The fourth-order valence-corrected chi connectivity index (χ4v) is 1.89. The Morgan fingerprint density at radius 1 is 1.19 bits per heavy atom. The van der Waals surface area contributed by atoms with E-state index in [4.69, 9.17) is 19.9 Å². The first-order chi connectivity index (χ1) is 10.3. The van der Waals surface area contributed by atoms with Crippen molar-refractivity contribution >= 4 is 5.69 Å². The van der Waals surface area contributed by atoms with E-state index in [1.165, 1.54) is 0 Å². The molecule has 0 bridgehead atoms. The molecule has 2 aromatic rings. The lowest BCUT2D eigenvalue weighted by Gasteiger charge is -2.11. The van der Waals surface area contributed by atoms with Gasteiger partial charge in [0.05, 0.1) is 39.0 Å². The van der Waals surface area contributed by atoms with Crippen molar-refractivity contribution in [2.75, 3.05) is 39.8 Å². The van der Waals surface area contributed by atoms with Gasteiger partial charge in [0, 0.05) is 12.8 Å². The zero-order valence-electron chi connectivity index (χ0n) is 12.2. The monoisotopic (exact) mass is 293 g/mol. The van der Waals surface area contributed by atoms with Crippen LogP contribution in [0.5, 0.6) is 5.75 Å². The van der Waals surface area contributed by atoms with Crippen LogP contribution in [0.3, 0.4) is 0 Å². The number of hydrogen-bond donors (Lipinski definition) is 1. The van der Waals surface area contributed by atoms with Crippen molar-refractivity contribution in [3.63, 3.8) is 0 Å². The Kier molecular flexibility index (Phi) is 5.47. The van der Waals surface area contributed by atoms with Crippen molar-refractivity contribution in [3.05, 3.63) is 18.2 Å². The fraction of sp³-hybridized carbons (Fsp3) is 0.462. The lowest BCUT2D eigenvalue weighted by atomic mass is 10.1. The predicted octanol–water partition coefficient (Wildman–Crippen LogP) is 0.594. The Morgan fingerprint density at radius 3 is 2.81 bits per heavy atom. The number of anilines is 1. The molecule has 0 aliphatic carbocycles. The molecule has 1 aromatic carbocycles. The maximum absolute atomic E-state index is 6.01. The van der Waals surface area contributed by atoms with E-state index in [1.54, 1.807) is 25.0 Å². The number of tetrazole rings is 1. The summed E-state index contributed by atoms with van der Waals surface area (Å²) >= 11 is 0. The van der Waals surface area contributed by atoms with Gasteiger partial charge >= 0.3 is 0 Å². The summed E-state index contributed by atoms with van der Waals surface area (Å²) in [5.41, 5.74) is 7.26.